The zero-order chi connectivity index (χ0) is 10.7. The molecule has 1 aromatic rings. The fourth-order valence-corrected chi connectivity index (χ4v) is 1.71. The van der Waals surface area contributed by atoms with Crippen molar-refractivity contribution in [1.82, 2.24) is 9.97 Å². The molecule has 3 nitrogen and oxygen atoms in total. The summed E-state index contributed by atoms with van der Waals surface area (Å²) in [5.41, 5.74) is 2.32. The number of aryl methyl sites for hydroxylation is 2. The molecule has 0 fully saturated rings. The molecule has 0 bridgehead atoms. The normalized spacial score (nSPS) is 10.7. The zero-order valence-corrected chi connectivity index (χ0v) is 9.68. The van der Waals surface area contributed by atoms with E-state index in [0.29, 0.717) is 5.92 Å². The second kappa shape index (κ2) is 4.40. The lowest BCUT2D eigenvalue weighted by Crippen LogP contribution is -2.09. The van der Waals surface area contributed by atoms with Crippen molar-refractivity contribution in [2.24, 2.45) is 0 Å². The van der Waals surface area contributed by atoms with Crippen LogP contribution in [0.2, 0.25) is 0 Å². The van der Waals surface area contributed by atoms with Crippen LogP contribution < -0.4 is 5.32 Å². The molecule has 0 aliphatic heterocycles. The lowest BCUT2D eigenvalue weighted by atomic mass is 10.0. The number of anilines is 1. The summed E-state index contributed by atoms with van der Waals surface area (Å²) in [6.07, 6.45) is 0. The first-order valence-corrected chi connectivity index (χ1v) is 5.15. The summed E-state index contributed by atoms with van der Waals surface area (Å²) in [5, 5.41) is 3.29. The highest BCUT2D eigenvalue weighted by molar-refractivity contribution is 5.48. The molecule has 0 aromatic carbocycles. The number of rotatable bonds is 3. The van der Waals surface area contributed by atoms with Crippen molar-refractivity contribution in [2.75, 3.05) is 11.9 Å². The van der Waals surface area contributed by atoms with Crippen molar-refractivity contribution >= 4 is 5.82 Å². The third kappa shape index (κ3) is 2.22. The SMILES string of the molecule is CCNc1nc(C)nc(C)c1C(C)C. The maximum Gasteiger partial charge on any atom is 0.133 e. The average Bonchev–Trinajstić information content (AvgIpc) is 2.01. The third-order valence-electron chi connectivity index (χ3n) is 2.17. The Labute approximate surface area is 86.0 Å². The van der Waals surface area contributed by atoms with Crippen LogP contribution >= 0.6 is 0 Å². The van der Waals surface area contributed by atoms with Crippen LogP contribution in [-0.4, -0.2) is 16.5 Å². The predicted molar refractivity (Wildman–Crippen MR) is 59.8 cm³/mol. The fraction of sp³-hybridized carbons (Fsp3) is 0.636. The van der Waals surface area contributed by atoms with Gasteiger partial charge in [0.1, 0.15) is 11.6 Å². The molecule has 14 heavy (non-hydrogen) atoms. The number of hydrogen-bond donors (Lipinski definition) is 1. The lowest BCUT2D eigenvalue weighted by Gasteiger charge is -2.15. The summed E-state index contributed by atoms with van der Waals surface area (Å²) in [6, 6.07) is 0. The lowest BCUT2D eigenvalue weighted by molar-refractivity contribution is 0.820. The van der Waals surface area contributed by atoms with Crippen LogP contribution in [0.4, 0.5) is 5.82 Å². The highest BCUT2D eigenvalue weighted by Gasteiger charge is 2.12. The molecule has 0 spiro atoms. The van der Waals surface area contributed by atoms with Gasteiger partial charge in [-0.3, -0.25) is 0 Å². The van der Waals surface area contributed by atoms with E-state index in [1.54, 1.807) is 0 Å². The minimum atomic E-state index is 0.463. The van der Waals surface area contributed by atoms with Gasteiger partial charge in [0.2, 0.25) is 0 Å². The molecule has 1 aromatic heterocycles. The largest absolute Gasteiger partial charge is 0.370 e. The van der Waals surface area contributed by atoms with E-state index < -0.39 is 0 Å². The van der Waals surface area contributed by atoms with E-state index in [1.807, 2.05) is 13.8 Å². The van der Waals surface area contributed by atoms with E-state index in [2.05, 4.69) is 36.1 Å². The van der Waals surface area contributed by atoms with Gasteiger partial charge in [-0.15, -0.1) is 0 Å². The first kappa shape index (κ1) is 11.0. The smallest absolute Gasteiger partial charge is 0.133 e. The second-order valence-electron chi connectivity index (χ2n) is 3.80. The van der Waals surface area contributed by atoms with Gasteiger partial charge in [-0.1, -0.05) is 13.8 Å². The van der Waals surface area contributed by atoms with Crippen molar-refractivity contribution in [1.29, 1.82) is 0 Å². The molecule has 1 rings (SSSR count). The van der Waals surface area contributed by atoms with Gasteiger partial charge in [-0.2, -0.15) is 0 Å². The van der Waals surface area contributed by atoms with E-state index >= 15 is 0 Å². The summed E-state index contributed by atoms with van der Waals surface area (Å²) in [5.74, 6) is 2.29. The minimum Gasteiger partial charge on any atom is -0.370 e. The van der Waals surface area contributed by atoms with Crippen LogP contribution in [0.15, 0.2) is 0 Å². The third-order valence-corrected chi connectivity index (χ3v) is 2.17. The molecule has 0 radical (unpaired) electrons. The topological polar surface area (TPSA) is 37.8 Å². The fourth-order valence-electron chi connectivity index (χ4n) is 1.71. The summed E-state index contributed by atoms with van der Waals surface area (Å²) < 4.78 is 0. The maximum atomic E-state index is 4.42. The number of nitrogens with one attached hydrogen (secondary N) is 1. The molecule has 0 unspecified atom stereocenters. The van der Waals surface area contributed by atoms with Gasteiger partial charge in [0.05, 0.1) is 0 Å². The Morgan fingerprint density at radius 1 is 1.21 bits per heavy atom. The van der Waals surface area contributed by atoms with Crippen LogP contribution in [0.25, 0.3) is 0 Å². The summed E-state index contributed by atoms with van der Waals surface area (Å²) in [4.78, 5) is 8.81. The summed E-state index contributed by atoms with van der Waals surface area (Å²) >= 11 is 0. The summed E-state index contributed by atoms with van der Waals surface area (Å²) in [7, 11) is 0. The van der Waals surface area contributed by atoms with Gasteiger partial charge in [-0.25, -0.2) is 9.97 Å². The molecule has 0 saturated carbocycles. The molecular weight excluding hydrogens is 174 g/mol. The average molecular weight is 193 g/mol. The van der Waals surface area contributed by atoms with E-state index in [1.165, 1.54) is 5.56 Å². The molecule has 1 heterocycles. The first-order chi connectivity index (χ1) is 6.56. The maximum absolute atomic E-state index is 4.42. The Hall–Kier alpha value is -1.12. The van der Waals surface area contributed by atoms with E-state index in [0.717, 1.165) is 23.9 Å². The predicted octanol–water partition coefficient (Wildman–Crippen LogP) is 2.65. The van der Waals surface area contributed by atoms with Crippen LogP contribution in [-0.2, 0) is 0 Å². The molecule has 1 N–H and O–H groups in total. The monoisotopic (exact) mass is 193 g/mol. The van der Waals surface area contributed by atoms with Gasteiger partial charge in [0, 0.05) is 17.8 Å². The van der Waals surface area contributed by atoms with Crippen LogP contribution in [0.5, 0.6) is 0 Å². The molecule has 0 aliphatic rings. The molecule has 78 valence electrons. The highest BCUT2D eigenvalue weighted by atomic mass is 15.0. The van der Waals surface area contributed by atoms with Crippen molar-refractivity contribution < 1.29 is 0 Å². The Kier molecular flexibility index (Phi) is 3.44. The van der Waals surface area contributed by atoms with Gasteiger partial charge < -0.3 is 5.32 Å². The van der Waals surface area contributed by atoms with Crippen molar-refractivity contribution in [3.63, 3.8) is 0 Å². The number of hydrogen-bond acceptors (Lipinski definition) is 3. The van der Waals surface area contributed by atoms with Crippen LogP contribution in [0.3, 0.4) is 0 Å². The molecule has 3 heteroatoms. The standard InChI is InChI=1S/C11H19N3/c1-6-12-11-10(7(2)3)8(4)13-9(5)14-11/h7H,6H2,1-5H3,(H,12,13,14). The minimum absolute atomic E-state index is 0.463. The van der Waals surface area contributed by atoms with Gasteiger partial charge in [0.15, 0.2) is 0 Å². The van der Waals surface area contributed by atoms with Crippen LogP contribution in [0, 0.1) is 13.8 Å². The van der Waals surface area contributed by atoms with Gasteiger partial charge in [0.25, 0.3) is 0 Å². The van der Waals surface area contributed by atoms with Gasteiger partial charge >= 0.3 is 0 Å². The Morgan fingerprint density at radius 3 is 2.36 bits per heavy atom. The first-order valence-electron chi connectivity index (χ1n) is 5.15. The summed E-state index contributed by atoms with van der Waals surface area (Å²) in [6.45, 7) is 11.3. The second-order valence-corrected chi connectivity index (χ2v) is 3.80. The molecule has 0 amide bonds. The number of nitrogens with zero attached hydrogens (tertiary/aromatic N) is 2. The van der Waals surface area contributed by atoms with Crippen molar-refractivity contribution in [2.45, 2.75) is 40.5 Å². The quantitative estimate of drug-likeness (QED) is 0.802. The van der Waals surface area contributed by atoms with Crippen molar-refractivity contribution in [3.05, 3.63) is 17.1 Å². The Bertz CT molecular complexity index is 319. The Balaban J connectivity index is 3.21. The van der Waals surface area contributed by atoms with E-state index in [-0.39, 0.29) is 0 Å². The molecule has 0 atom stereocenters. The van der Waals surface area contributed by atoms with Crippen LogP contribution in [0.1, 0.15) is 43.8 Å². The van der Waals surface area contributed by atoms with Gasteiger partial charge in [-0.05, 0) is 26.7 Å². The van der Waals surface area contributed by atoms with E-state index in [4.69, 9.17) is 0 Å². The number of aromatic nitrogens is 2. The molecular formula is C11H19N3. The Morgan fingerprint density at radius 2 is 1.86 bits per heavy atom. The van der Waals surface area contributed by atoms with E-state index in [9.17, 15) is 0 Å². The molecule has 0 saturated heterocycles. The highest BCUT2D eigenvalue weighted by Crippen LogP contribution is 2.24. The molecule has 0 aliphatic carbocycles. The van der Waals surface area contributed by atoms with Crippen molar-refractivity contribution in [3.8, 4) is 0 Å². The zero-order valence-electron chi connectivity index (χ0n) is 9.68.